The Kier molecular flexibility index (Phi) is 8.33. The number of hydrogen-bond acceptors (Lipinski definition) is 3. The molecule has 0 radical (unpaired) electrons. The van der Waals surface area contributed by atoms with Crippen LogP contribution in [0, 0.1) is 0 Å². The van der Waals surface area contributed by atoms with Gasteiger partial charge < -0.3 is 15.0 Å². The standard InChI is InChI=1S/C11H24N2O2/c1-10(2)12-7-9-15-8-5-6-11(14)13(3)4/h10,12H,5-9H2,1-4H3. The zero-order valence-corrected chi connectivity index (χ0v) is 10.4. The third kappa shape index (κ3) is 9.69. The van der Waals surface area contributed by atoms with E-state index in [1.165, 1.54) is 0 Å². The number of carbonyl (C=O) groups excluding carboxylic acids is 1. The molecule has 4 heteroatoms. The van der Waals surface area contributed by atoms with E-state index in [2.05, 4.69) is 19.2 Å². The molecule has 0 bridgehead atoms. The lowest BCUT2D eigenvalue weighted by molar-refractivity contribution is -0.129. The molecule has 1 amide bonds. The van der Waals surface area contributed by atoms with Gasteiger partial charge in [0.05, 0.1) is 6.61 Å². The monoisotopic (exact) mass is 216 g/mol. The maximum Gasteiger partial charge on any atom is 0.222 e. The Balaban J connectivity index is 3.15. The van der Waals surface area contributed by atoms with E-state index in [1.807, 2.05) is 0 Å². The summed E-state index contributed by atoms with van der Waals surface area (Å²) in [5.74, 6) is 0.166. The molecular formula is C11H24N2O2. The zero-order valence-electron chi connectivity index (χ0n) is 10.4. The van der Waals surface area contributed by atoms with Crippen LogP contribution in [0.3, 0.4) is 0 Å². The van der Waals surface area contributed by atoms with E-state index in [-0.39, 0.29) is 5.91 Å². The van der Waals surface area contributed by atoms with Crippen LogP contribution in [-0.4, -0.2) is 50.7 Å². The predicted octanol–water partition coefficient (Wildman–Crippen LogP) is 0.869. The van der Waals surface area contributed by atoms with Crippen LogP contribution in [0.1, 0.15) is 26.7 Å². The van der Waals surface area contributed by atoms with Crippen LogP contribution in [0.5, 0.6) is 0 Å². The van der Waals surface area contributed by atoms with Gasteiger partial charge in [-0.2, -0.15) is 0 Å². The van der Waals surface area contributed by atoms with Gasteiger partial charge in [-0.3, -0.25) is 4.79 Å². The number of ether oxygens (including phenoxy) is 1. The lowest BCUT2D eigenvalue weighted by Gasteiger charge is -2.10. The molecule has 0 aromatic carbocycles. The maximum absolute atomic E-state index is 11.2. The summed E-state index contributed by atoms with van der Waals surface area (Å²) >= 11 is 0. The van der Waals surface area contributed by atoms with Gasteiger partial charge in [0.25, 0.3) is 0 Å². The second-order valence-electron chi connectivity index (χ2n) is 4.11. The smallest absolute Gasteiger partial charge is 0.222 e. The van der Waals surface area contributed by atoms with Crippen LogP contribution in [0.15, 0.2) is 0 Å². The van der Waals surface area contributed by atoms with E-state index in [0.717, 1.165) is 13.0 Å². The van der Waals surface area contributed by atoms with Crippen molar-refractivity contribution in [3.63, 3.8) is 0 Å². The number of carbonyl (C=O) groups is 1. The topological polar surface area (TPSA) is 41.6 Å². The van der Waals surface area contributed by atoms with E-state index in [1.54, 1.807) is 19.0 Å². The first-order valence-corrected chi connectivity index (χ1v) is 5.55. The fourth-order valence-corrected chi connectivity index (χ4v) is 1.07. The SMILES string of the molecule is CC(C)NCCOCCCC(=O)N(C)C. The van der Waals surface area contributed by atoms with Gasteiger partial charge in [-0.1, -0.05) is 13.8 Å². The van der Waals surface area contributed by atoms with Crippen molar-refractivity contribution in [2.75, 3.05) is 33.9 Å². The van der Waals surface area contributed by atoms with Gasteiger partial charge in [0.1, 0.15) is 0 Å². The van der Waals surface area contributed by atoms with Crippen LogP contribution in [-0.2, 0) is 9.53 Å². The van der Waals surface area contributed by atoms with Gasteiger partial charge in [-0.25, -0.2) is 0 Å². The fourth-order valence-electron chi connectivity index (χ4n) is 1.07. The first-order chi connectivity index (χ1) is 7.04. The summed E-state index contributed by atoms with van der Waals surface area (Å²) in [6.45, 7) is 6.47. The number of rotatable bonds is 8. The Hall–Kier alpha value is -0.610. The number of nitrogens with zero attached hydrogens (tertiary/aromatic N) is 1. The Morgan fingerprint density at radius 3 is 2.53 bits per heavy atom. The molecule has 0 aliphatic carbocycles. The maximum atomic E-state index is 11.2. The molecule has 1 N–H and O–H groups in total. The predicted molar refractivity (Wildman–Crippen MR) is 61.9 cm³/mol. The van der Waals surface area contributed by atoms with Crippen LogP contribution < -0.4 is 5.32 Å². The molecule has 0 unspecified atom stereocenters. The number of hydrogen-bond donors (Lipinski definition) is 1. The van der Waals surface area contributed by atoms with Crippen LogP contribution in [0.2, 0.25) is 0 Å². The Labute approximate surface area is 93.0 Å². The molecule has 0 rings (SSSR count). The average Bonchev–Trinajstić information content (AvgIpc) is 2.15. The highest BCUT2D eigenvalue weighted by Gasteiger charge is 2.02. The summed E-state index contributed by atoms with van der Waals surface area (Å²) in [6, 6.07) is 0.504. The Bertz CT molecular complexity index is 170. The first-order valence-electron chi connectivity index (χ1n) is 5.55. The van der Waals surface area contributed by atoms with Crippen molar-refractivity contribution in [1.29, 1.82) is 0 Å². The minimum atomic E-state index is 0.166. The van der Waals surface area contributed by atoms with Crippen molar-refractivity contribution < 1.29 is 9.53 Å². The van der Waals surface area contributed by atoms with E-state index in [4.69, 9.17) is 4.74 Å². The summed E-state index contributed by atoms with van der Waals surface area (Å²) in [4.78, 5) is 12.8. The van der Waals surface area contributed by atoms with Crippen LogP contribution >= 0.6 is 0 Å². The molecule has 0 atom stereocenters. The van der Waals surface area contributed by atoms with E-state index in [0.29, 0.717) is 25.7 Å². The van der Waals surface area contributed by atoms with Crippen LogP contribution in [0.25, 0.3) is 0 Å². The molecular weight excluding hydrogens is 192 g/mol. The summed E-state index contributed by atoms with van der Waals surface area (Å²) in [6.07, 6.45) is 1.38. The van der Waals surface area contributed by atoms with Gasteiger partial charge in [0.15, 0.2) is 0 Å². The van der Waals surface area contributed by atoms with Crippen molar-refractivity contribution in [2.24, 2.45) is 0 Å². The van der Waals surface area contributed by atoms with Crippen molar-refractivity contribution in [3.05, 3.63) is 0 Å². The Morgan fingerprint density at radius 1 is 1.33 bits per heavy atom. The molecule has 0 aliphatic rings. The zero-order chi connectivity index (χ0) is 11.7. The normalized spacial score (nSPS) is 10.7. The van der Waals surface area contributed by atoms with E-state index >= 15 is 0 Å². The highest BCUT2D eigenvalue weighted by molar-refractivity contribution is 5.75. The molecule has 15 heavy (non-hydrogen) atoms. The molecule has 4 nitrogen and oxygen atoms in total. The van der Waals surface area contributed by atoms with Gasteiger partial charge in [-0.05, 0) is 6.42 Å². The first kappa shape index (κ1) is 14.4. The second kappa shape index (κ2) is 8.68. The lowest BCUT2D eigenvalue weighted by Crippen LogP contribution is -2.27. The van der Waals surface area contributed by atoms with Crippen molar-refractivity contribution in [2.45, 2.75) is 32.7 Å². The minimum Gasteiger partial charge on any atom is -0.380 e. The number of nitrogens with one attached hydrogen (secondary N) is 1. The minimum absolute atomic E-state index is 0.166. The van der Waals surface area contributed by atoms with Gasteiger partial charge in [-0.15, -0.1) is 0 Å². The fraction of sp³-hybridized carbons (Fsp3) is 0.909. The van der Waals surface area contributed by atoms with Gasteiger partial charge >= 0.3 is 0 Å². The van der Waals surface area contributed by atoms with Crippen molar-refractivity contribution in [3.8, 4) is 0 Å². The quantitative estimate of drug-likeness (QED) is 0.612. The summed E-state index contributed by atoms with van der Waals surface area (Å²) in [5, 5.41) is 3.26. The summed E-state index contributed by atoms with van der Waals surface area (Å²) in [5.41, 5.74) is 0. The largest absolute Gasteiger partial charge is 0.380 e. The Morgan fingerprint density at radius 2 is 2.00 bits per heavy atom. The summed E-state index contributed by atoms with van der Waals surface area (Å²) in [7, 11) is 3.55. The molecule has 0 spiro atoms. The third-order valence-electron chi connectivity index (χ3n) is 1.98. The van der Waals surface area contributed by atoms with Crippen LogP contribution in [0.4, 0.5) is 0 Å². The molecule has 0 saturated heterocycles. The highest BCUT2D eigenvalue weighted by atomic mass is 16.5. The average molecular weight is 216 g/mol. The second-order valence-corrected chi connectivity index (χ2v) is 4.11. The molecule has 0 aromatic heterocycles. The lowest BCUT2D eigenvalue weighted by atomic mass is 10.3. The summed E-state index contributed by atoms with van der Waals surface area (Å²) < 4.78 is 5.38. The number of amides is 1. The van der Waals surface area contributed by atoms with E-state index < -0.39 is 0 Å². The van der Waals surface area contributed by atoms with Gasteiger partial charge in [0, 0.05) is 39.7 Å². The third-order valence-corrected chi connectivity index (χ3v) is 1.98. The molecule has 0 heterocycles. The van der Waals surface area contributed by atoms with Crippen molar-refractivity contribution >= 4 is 5.91 Å². The molecule has 0 fully saturated rings. The molecule has 0 saturated carbocycles. The molecule has 0 aliphatic heterocycles. The highest BCUT2D eigenvalue weighted by Crippen LogP contribution is 1.93. The van der Waals surface area contributed by atoms with E-state index in [9.17, 15) is 4.79 Å². The van der Waals surface area contributed by atoms with Gasteiger partial charge in [0.2, 0.25) is 5.91 Å². The molecule has 90 valence electrons. The molecule has 0 aromatic rings. The van der Waals surface area contributed by atoms with Crippen molar-refractivity contribution in [1.82, 2.24) is 10.2 Å².